The van der Waals surface area contributed by atoms with E-state index in [1.54, 1.807) is 0 Å². The van der Waals surface area contributed by atoms with Crippen molar-refractivity contribution in [1.82, 2.24) is 10.3 Å². The highest BCUT2D eigenvalue weighted by atomic mass is 79.9. The van der Waals surface area contributed by atoms with E-state index in [0.717, 1.165) is 17.6 Å². The Morgan fingerprint density at radius 3 is 3.13 bits per heavy atom. The van der Waals surface area contributed by atoms with Crippen LogP contribution < -0.4 is 5.32 Å². The van der Waals surface area contributed by atoms with Crippen LogP contribution in [0.25, 0.3) is 0 Å². The highest BCUT2D eigenvalue weighted by Crippen LogP contribution is 2.13. The topological polar surface area (TPSA) is 42.0 Å². The highest BCUT2D eigenvalue weighted by molar-refractivity contribution is 9.10. The molecule has 2 atom stereocenters. The molecule has 0 saturated carbocycles. The number of rotatable bonds is 3. The summed E-state index contributed by atoms with van der Waals surface area (Å²) in [5, 5.41) is 4.00. The van der Waals surface area contributed by atoms with Gasteiger partial charge < -0.3 is 5.32 Å². The van der Waals surface area contributed by atoms with E-state index in [9.17, 15) is 4.21 Å². The van der Waals surface area contributed by atoms with Crippen LogP contribution in [0.2, 0.25) is 0 Å². The van der Waals surface area contributed by atoms with E-state index in [2.05, 4.69) is 26.2 Å². The van der Waals surface area contributed by atoms with E-state index < -0.39 is 10.8 Å². The summed E-state index contributed by atoms with van der Waals surface area (Å²) in [7, 11) is -0.987. The van der Waals surface area contributed by atoms with Crippen LogP contribution in [0.3, 0.4) is 0 Å². The van der Waals surface area contributed by atoms with Gasteiger partial charge in [0.2, 0.25) is 0 Å². The van der Waals surface area contributed by atoms with Crippen molar-refractivity contribution >= 4 is 26.7 Å². The normalized spacial score (nSPS) is 22.9. The fourth-order valence-corrected chi connectivity index (χ4v) is 3.40. The van der Waals surface area contributed by atoms with E-state index >= 15 is 0 Å². The molecular weight excluding hydrogens is 276 g/mol. The summed E-state index contributed by atoms with van der Waals surface area (Å²) in [6.07, 6.45) is 2.31. The molecule has 1 saturated heterocycles. The molecular formula is C10H13BrN2OS. The lowest BCUT2D eigenvalue weighted by atomic mass is 10.3. The van der Waals surface area contributed by atoms with Gasteiger partial charge in [-0.1, -0.05) is 6.07 Å². The summed E-state index contributed by atoms with van der Waals surface area (Å²) in [5.74, 6) is 0.670. The third-order valence-corrected chi connectivity index (χ3v) is 4.28. The van der Waals surface area contributed by atoms with E-state index in [-0.39, 0.29) is 0 Å². The summed E-state index contributed by atoms with van der Waals surface area (Å²) in [4.78, 5) is 4.20. The van der Waals surface area contributed by atoms with Gasteiger partial charge >= 0.3 is 0 Å². The molecule has 0 bridgehead atoms. The van der Waals surface area contributed by atoms with Crippen molar-refractivity contribution in [2.24, 2.45) is 0 Å². The predicted octanol–water partition coefficient (Wildman–Crippen LogP) is 1.70. The van der Waals surface area contributed by atoms with Crippen molar-refractivity contribution in [1.29, 1.82) is 0 Å². The molecule has 0 amide bonds. The average Bonchev–Trinajstić information content (AvgIpc) is 2.70. The van der Waals surface area contributed by atoms with Gasteiger partial charge in [0.1, 0.15) is 9.63 Å². The zero-order valence-electron chi connectivity index (χ0n) is 8.28. The minimum atomic E-state index is -0.987. The monoisotopic (exact) mass is 288 g/mol. The van der Waals surface area contributed by atoms with Crippen LogP contribution >= 0.6 is 15.9 Å². The Morgan fingerprint density at radius 2 is 2.47 bits per heavy atom. The molecule has 2 rings (SSSR count). The molecule has 1 aliphatic rings. The van der Waals surface area contributed by atoms with Crippen molar-refractivity contribution in [2.45, 2.75) is 23.9 Å². The molecule has 1 fully saturated rings. The van der Waals surface area contributed by atoms with Gasteiger partial charge in [-0.05, 0) is 47.4 Å². The fourth-order valence-electron chi connectivity index (χ4n) is 1.68. The average molecular weight is 289 g/mol. The Labute approximate surface area is 100 Å². The smallest absolute Gasteiger partial charge is 0.128 e. The zero-order valence-corrected chi connectivity index (χ0v) is 10.7. The summed E-state index contributed by atoms with van der Waals surface area (Å²) in [6, 6.07) is 5.92. The molecule has 82 valence electrons. The largest absolute Gasteiger partial charge is 0.313 e. The summed E-state index contributed by atoms with van der Waals surface area (Å²) in [6.45, 7) is 1.05. The maximum atomic E-state index is 11.9. The molecule has 0 aliphatic carbocycles. The quantitative estimate of drug-likeness (QED) is 0.861. The van der Waals surface area contributed by atoms with E-state index in [0.29, 0.717) is 16.8 Å². The zero-order chi connectivity index (χ0) is 10.7. The minimum Gasteiger partial charge on any atom is -0.313 e. The van der Waals surface area contributed by atoms with Crippen LogP contribution in [0.4, 0.5) is 0 Å². The van der Waals surface area contributed by atoms with Crippen molar-refractivity contribution < 1.29 is 4.21 Å². The first-order valence-corrected chi connectivity index (χ1v) is 7.11. The number of hydrogen-bond donors (Lipinski definition) is 1. The maximum Gasteiger partial charge on any atom is 0.128 e. The van der Waals surface area contributed by atoms with Crippen LogP contribution in [0.1, 0.15) is 12.8 Å². The Bertz CT molecular complexity index is 366. The molecule has 0 aromatic carbocycles. The Balaban J connectivity index is 2.01. The van der Waals surface area contributed by atoms with Gasteiger partial charge in [-0.2, -0.15) is 0 Å². The highest BCUT2D eigenvalue weighted by Gasteiger charge is 2.18. The van der Waals surface area contributed by atoms with Crippen molar-refractivity contribution in [3.05, 3.63) is 22.8 Å². The van der Waals surface area contributed by atoms with E-state index in [1.807, 2.05) is 18.2 Å². The standard InChI is InChI=1S/C10H13BrN2OS/c11-9-4-1-5-10(13-9)15(14)7-8-3-2-6-12-8/h1,4-5,8,12H,2-3,6-7H2/t8-,15-/m0/s1. The third-order valence-electron chi connectivity index (χ3n) is 2.44. The van der Waals surface area contributed by atoms with E-state index in [4.69, 9.17) is 0 Å². The van der Waals surface area contributed by atoms with E-state index in [1.165, 1.54) is 6.42 Å². The van der Waals surface area contributed by atoms with Crippen molar-refractivity contribution in [2.75, 3.05) is 12.3 Å². The van der Waals surface area contributed by atoms with Gasteiger partial charge in [0.05, 0.1) is 10.8 Å². The Morgan fingerprint density at radius 1 is 1.60 bits per heavy atom. The number of nitrogens with zero attached hydrogens (tertiary/aromatic N) is 1. The van der Waals surface area contributed by atoms with Crippen LogP contribution in [-0.2, 0) is 10.8 Å². The van der Waals surface area contributed by atoms with Gasteiger partial charge in [0, 0.05) is 11.8 Å². The Kier molecular flexibility index (Phi) is 3.88. The van der Waals surface area contributed by atoms with Gasteiger partial charge in [0.25, 0.3) is 0 Å². The summed E-state index contributed by atoms with van der Waals surface area (Å²) in [5.41, 5.74) is 0. The Hall–Kier alpha value is -0.260. The predicted molar refractivity (Wildman–Crippen MR) is 64.2 cm³/mol. The fraction of sp³-hybridized carbons (Fsp3) is 0.500. The molecule has 3 nitrogen and oxygen atoms in total. The summed E-state index contributed by atoms with van der Waals surface area (Å²) >= 11 is 3.28. The third kappa shape index (κ3) is 3.09. The molecule has 0 unspecified atom stereocenters. The van der Waals surface area contributed by atoms with Crippen LogP contribution in [-0.4, -0.2) is 27.5 Å². The number of nitrogens with one attached hydrogen (secondary N) is 1. The molecule has 1 aromatic rings. The van der Waals surface area contributed by atoms with Gasteiger partial charge in [-0.25, -0.2) is 4.98 Å². The van der Waals surface area contributed by atoms with Crippen LogP contribution in [0.15, 0.2) is 27.8 Å². The number of pyridine rings is 1. The van der Waals surface area contributed by atoms with Crippen molar-refractivity contribution in [3.8, 4) is 0 Å². The second kappa shape index (κ2) is 5.18. The number of hydrogen-bond acceptors (Lipinski definition) is 3. The SMILES string of the molecule is O=[S@@](C[C@@H]1CCCN1)c1cccc(Br)n1. The molecule has 1 N–H and O–H groups in total. The number of halogens is 1. The first-order chi connectivity index (χ1) is 7.25. The van der Waals surface area contributed by atoms with Gasteiger partial charge in [-0.15, -0.1) is 0 Å². The van der Waals surface area contributed by atoms with Gasteiger partial charge in [-0.3, -0.25) is 4.21 Å². The molecule has 0 spiro atoms. The van der Waals surface area contributed by atoms with Gasteiger partial charge in [0.15, 0.2) is 0 Å². The van der Waals surface area contributed by atoms with Crippen molar-refractivity contribution in [3.63, 3.8) is 0 Å². The molecule has 0 radical (unpaired) electrons. The first kappa shape index (κ1) is 11.2. The number of aromatic nitrogens is 1. The first-order valence-electron chi connectivity index (χ1n) is 5.00. The van der Waals surface area contributed by atoms with Crippen LogP contribution in [0, 0.1) is 0 Å². The summed E-state index contributed by atoms with van der Waals surface area (Å²) < 4.78 is 12.7. The lowest BCUT2D eigenvalue weighted by Crippen LogP contribution is -2.27. The lowest BCUT2D eigenvalue weighted by Gasteiger charge is -2.08. The molecule has 2 heterocycles. The second-order valence-corrected chi connectivity index (χ2v) is 5.86. The minimum absolute atomic E-state index is 0.395. The molecule has 1 aliphatic heterocycles. The lowest BCUT2D eigenvalue weighted by molar-refractivity contribution is 0.641. The molecule has 15 heavy (non-hydrogen) atoms. The second-order valence-electron chi connectivity index (χ2n) is 3.60. The molecule has 1 aromatic heterocycles. The van der Waals surface area contributed by atoms with Crippen LogP contribution in [0.5, 0.6) is 0 Å². The molecule has 5 heteroatoms. The maximum absolute atomic E-state index is 11.9.